The van der Waals surface area contributed by atoms with Crippen molar-refractivity contribution in [3.8, 4) is 6.07 Å². The fourth-order valence-electron chi connectivity index (χ4n) is 0.503. The summed E-state index contributed by atoms with van der Waals surface area (Å²) in [5.74, 6) is 0. The second-order valence-electron chi connectivity index (χ2n) is 1.51. The minimum atomic E-state index is 0.623. The van der Waals surface area contributed by atoms with E-state index in [9.17, 15) is 0 Å². The maximum absolute atomic E-state index is 8.42. The van der Waals surface area contributed by atoms with Crippen LogP contribution in [0.1, 0.15) is 5.56 Å². The largest absolute Gasteiger partial charge is 0.192 e. The van der Waals surface area contributed by atoms with E-state index in [1.807, 2.05) is 6.07 Å². The first-order valence-electron chi connectivity index (χ1n) is 2.41. The van der Waals surface area contributed by atoms with Gasteiger partial charge in [-0.3, -0.25) is 0 Å². The van der Waals surface area contributed by atoms with E-state index in [4.69, 9.17) is 5.26 Å². The van der Waals surface area contributed by atoms with Crippen molar-refractivity contribution in [1.82, 2.24) is 0 Å². The molecule has 0 unspecified atom stereocenters. The number of rotatable bonds is 0. The Labute approximate surface area is 62.1 Å². The molecule has 1 radical (unpaired) electrons. The molecule has 0 aliphatic carbocycles. The molecule has 0 N–H and O–H groups in total. The van der Waals surface area contributed by atoms with E-state index in [0.717, 1.165) is 4.47 Å². The van der Waals surface area contributed by atoms with Crippen molar-refractivity contribution in [3.63, 3.8) is 0 Å². The summed E-state index contributed by atoms with van der Waals surface area (Å²) < 4.78 is 0.729. The van der Waals surface area contributed by atoms with Crippen LogP contribution in [0.5, 0.6) is 0 Å². The van der Waals surface area contributed by atoms with Crippen LogP contribution in [-0.2, 0) is 0 Å². The highest BCUT2D eigenvalue weighted by molar-refractivity contribution is 9.10. The van der Waals surface area contributed by atoms with Crippen molar-refractivity contribution < 1.29 is 0 Å². The Balaban J connectivity index is 3.20. The number of hydrogen-bond acceptors (Lipinski definition) is 1. The van der Waals surface area contributed by atoms with Gasteiger partial charge in [-0.2, -0.15) is 5.26 Å². The van der Waals surface area contributed by atoms with Gasteiger partial charge in [-0.25, -0.2) is 0 Å². The highest BCUT2D eigenvalue weighted by atomic mass is 79.9. The van der Waals surface area contributed by atoms with E-state index in [1.54, 1.807) is 18.2 Å². The van der Waals surface area contributed by atoms with Gasteiger partial charge >= 0.3 is 0 Å². The van der Waals surface area contributed by atoms with Crippen LogP contribution >= 0.6 is 15.9 Å². The van der Waals surface area contributed by atoms with Crippen LogP contribution in [0.15, 0.2) is 22.7 Å². The average molecular weight is 181 g/mol. The lowest BCUT2D eigenvalue weighted by Gasteiger charge is -1.88. The average Bonchev–Trinajstić information content (AvgIpc) is 1.89. The van der Waals surface area contributed by atoms with Crippen LogP contribution in [0, 0.1) is 17.4 Å². The van der Waals surface area contributed by atoms with Crippen molar-refractivity contribution in [1.29, 1.82) is 5.26 Å². The smallest absolute Gasteiger partial charge is 0.100 e. The standard InChI is InChI=1S/C7H3BrN/c8-7-4-2-1-3-6(7)5-9/h1-3H. The summed E-state index contributed by atoms with van der Waals surface area (Å²) in [4.78, 5) is 0. The molecule has 0 amide bonds. The molecule has 2 heteroatoms. The van der Waals surface area contributed by atoms with Gasteiger partial charge in [0.05, 0.1) is 5.56 Å². The normalized spacial score (nSPS) is 8.44. The molecule has 1 rings (SSSR count). The Kier molecular flexibility index (Phi) is 1.86. The van der Waals surface area contributed by atoms with E-state index in [0.29, 0.717) is 5.56 Å². The first-order chi connectivity index (χ1) is 4.34. The van der Waals surface area contributed by atoms with Crippen molar-refractivity contribution >= 4 is 15.9 Å². The maximum Gasteiger partial charge on any atom is 0.100 e. The van der Waals surface area contributed by atoms with E-state index in [-0.39, 0.29) is 0 Å². The van der Waals surface area contributed by atoms with Crippen LogP contribution in [0.2, 0.25) is 0 Å². The summed E-state index contributed by atoms with van der Waals surface area (Å²) in [6.45, 7) is 0. The minimum absolute atomic E-state index is 0.623. The molecule has 1 aromatic rings. The van der Waals surface area contributed by atoms with Gasteiger partial charge in [0.15, 0.2) is 0 Å². The van der Waals surface area contributed by atoms with Gasteiger partial charge in [0.1, 0.15) is 6.07 Å². The predicted octanol–water partition coefficient (Wildman–Crippen LogP) is 2.12. The van der Waals surface area contributed by atoms with Crippen molar-refractivity contribution in [2.24, 2.45) is 0 Å². The molecule has 0 aliphatic heterocycles. The number of nitriles is 1. The molecule has 1 aromatic carbocycles. The highest BCUT2D eigenvalue weighted by Gasteiger charge is 1.92. The summed E-state index contributed by atoms with van der Waals surface area (Å²) in [5.41, 5.74) is 0.623. The lowest BCUT2D eigenvalue weighted by Crippen LogP contribution is -1.73. The summed E-state index contributed by atoms with van der Waals surface area (Å²) in [5, 5.41) is 8.42. The Morgan fingerprint density at radius 1 is 1.67 bits per heavy atom. The summed E-state index contributed by atoms with van der Waals surface area (Å²) in [7, 11) is 0. The Hall–Kier alpha value is -0.810. The first-order valence-corrected chi connectivity index (χ1v) is 3.20. The molecule has 0 spiro atoms. The molecule has 0 bridgehead atoms. The third kappa shape index (κ3) is 1.30. The van der Waals surface area contributed by atoms with Gasteiger partial charge in [0.2, 0.25) is 0 Å². The molecular weight excluding hydrogens is 178 g/mol. The topological polar surface area (TPSA) is 23.8 Å². The van der Waals surface area contributed by atoms with Crippen LogP contribution in [-0.4, -0.2) is 0 Å². The second-order valence-corrected chi connectivity index (χ2v) is 2.30. The zero-order valence-electron chi connectivity index (χ0n) is 4.56. The molecule has 0 saturated heterocycles. The Morgan fingerprint density at radius 3 is 2.89 bits per heavy atom. The molecule has 43 valence electrons. The third-order valence-corrected chi connectivity index (χ3v) is 1.58. The lowest BCUT2D eigenvalue weighted by molar-refractivity contribution is 1.46. The summed E-state index contributed by atoms with van der Waals surface area (Å²) in [6.07, 6.45) is 0. The first kappa shape index (κ1) is 6.31. The predicted molar refractivity (Wildman–Crippen MR) is 37.7 cm³/mol. The van der Waals surface area contributed by atoms with Gasteiger partial charge < -0.3 is 0 Å². The monoisotopic (exact) mass is 180 g/mol. The van der Waals surface area contributed by atoms with Gasteiger partial charge in [-0.1, -0.05) is 12.1 Å². The van der Waals surface area contributed by atoms with Gasteiger partial charge in [-0.15, -0.1) is 0 Å². The van der Waals surface area contributed by atoms with Gasteiger partial charge in [-0.05, 0) is 28.1 Å². The molecule has 0 atom stereocenters. The Bertz CT molecular complexity index is 249. The third-order valence-electron chi connectivity index (χ3n) is 0.926. The van der Waals surface area contributed by atoms with E-state index in [2.05, 4.69) is 22.0 Å². The summed E-state index contributed by atoms with van der Waals surface area (Å²) in [6, 6.07) is 10.1. The lowest BCUT2D eigenvalue weighted by atomic mass is 10.2. The van der Waals surface area contributed by atoms with Crippen LogP contribution < -0.4 is 0 Å². The Morgan fingerprint density at radius 2 is 2.44 bits per heavy atom. The molecule has 1 nitrogen and oxygen atoms in total. The quantitative estimate of drug-likeness (QED) is 0.601. The fraction of sp³-hybridized carbons (Fsp3) is 0. The maximum atomic E-state index is 8.42. The highest BCUT2D eigenvalue weighted by Crippen LogP contribution is 2.12. The second kappa shape index (κ2) is 2.65. The zero-order chi connectivity index (χ0) is 6.69. The molecule has 0 aromatic heterocycles. The number of hydrogen-bond donors (Lipinski definition) is 0. The zero-order valence-corrected chi connectivity index (χ0v) is 6.14. The minimum Gasteiger partial charge on any atom is -0.192 e. The summed E-state index contributed by atoms with van der Waals surface area (Å²) >= 11 is 3.18. The fourth-order valence-corrected chi connectivity index (χ4v) is 0.856. The van der Waals surface area contributed by atoms with Crippen molar-refractivity contribution in [2.45, 2.75) is 0 Å². The van der Waals surface area contributed by atoms with E-state index >= 15 is 0 Å². The SMILES string of the molecule is N#Cc1ccc[c]c1Br. The number of benzene rings is 1. The number of halogens is 1. The van der Waals surface area contributed by atoms with E-state index < -0.39 is 0 Å². The molecular formula is C7H3BrN. The number of nitrogens with zero attached hydrogens (tertiary/aromatic N) is 1. The molecule has 0 fully saturated rings. The molecule has 0 aliphatic rings. The van der Waals surface area contributed by atoms with Crippen molar-refractivity contribution in [2.75, 3.05) is 0 Å². The van der Waals surface area contributed by atoms with Crippen molar-refractivity contribution in [3.05, 3.63) is 34.3 Å². The van der Waals surface area contributed by atoms with Crippen LogP contribution in [0.4, 0.5) is 0 Å². The van der Waals surface area contributed by atoms with E-state index in [1.165, 1.54) is 0 Å². The van der Waals surface area contributed by atoms with Crippen LogP contribution in [0.3, 0.4) is 0 Å². The molecule has 9 heavy (non-hydrogen) atoms. The van der Waals surface area contributed by atoms with Crippen LogP contribution in [0.25, 0.3) is 0 Å². The van der Waals surface area contributed by atoms with Gasteiger partial charge in [0, 0.05) is 4.47 Å². The molecule has 0 heterocycles. The molecule has 0 saturated carbocycles. The van der Waals surface area contributed by atoms with Gasteiger partial charge in [0.25, 0.3) is 0 Å².